The first-order chi connectivity index (χ1) is 9.67. The van der Waals surface area contributed by atoms with Gasteiger partial charge in [-0.1, -0.05) is 0 Å². The van der Waals surface area contributed by atoms with Gasteiger partial charge < -0.3 is 15.8 Å². The number of hydrogen-bond acceptors (Lipinski definition) is 6. The Kier molecular flexibility index (Phi) is 3.76. The smallest absolute Gasteiger partial charge is 0.148 e. The van der Waals surface area contributed by atoms with E-state index in [0.29, 0.717) is 17.7 Å². The minimum atomic E-state index is -0.128. The molecule has 3 rings (SSSR count). The molecule has 20 heavy (non-hydrogen) atoms. The highest BCUT2D eigenvalue weighted by Crippen LogP contribution is 2.39. The predicted octanol–water partition coefficient (Wildman–Crippen LogP) is 1.52. The van der Waals surface area contributed by atoms with Crippen LogP contribution in [0.4, 0.5) is 11.6 Å². The van der Waals surface area contributed by atoms with Crippen molar-refractivity contribution < 1.29 is 5.11 Å². The van der Waals surface area contributed by atoms with Crippen LogP contribution in [0.2, 0.25) is 0 Å². The van der Waals surface area contributed by atoms with Crippen molar-refractivity contribution in [3.8, 4) is 0 Å². The van der Waals surface area contributed by atoms with E-state index in [0.717, 1.165) is 43.0 Å². The quantitative estimate of drug-likeness (QED) is 0.481. The summed E-state index contributed by atoms with van der Waals surface area (Å²) in [6.07, 6.45) is 5.09. The third-order valence-electron chi connectivity index (χ3n) is 4.31. The third kappa shape index (κ3) is 2.86. The van der Waals surface area contributed by atoms with Crippen LogP contribution < -0.4 is 16.6 Å². The summed E-state index contributed by atoms with van der Waals surface area (Å²) in [6, 6.07) is 0. The van der Waals surface area contributed by atoms with Gasteiger partial charge in [-0.2, -0.15) is 0 Å². The Hall–Kier alpha value is -1.40. The normalized spacial score (nSPS) is 25.8. The first-order valence-corrected chi connectivity index (χ1v) is 7.44. The first-order valence-electron chi connectivity index (χ1n) is 7.44. The monoisotopic (exact) mass is 277 g/mol. The maximum atomic E-state index is 9.58. The summed E-state index contributed by atoms with van der Waals surface area (Å²) in [5.74, 6) is 9.03. The molecule has 0 saturated heterocycles. The van der Waals surface area contributed by atoms with Crippen molar-refractivity contribution in [3.63, 3.8) is 0 Å². The molecule has 2 atom stereocenters. The molecule has 2 aliphatic carbocycles. The van der Waals surface area contributed by atoms with Crippen LogP contribution in [0.3, 0.4) is 0 Å². The fraction of sp³-hybridized carbons (Fsp3) is 0.714. The maximum absolute atomic E-state index is 9.58. The second-order valence-electron chi connectivity index (χ2n) is 6.04. The highest BCUT2D eigenvalue weighted by Gasteiger charge is 2.28. The van der Waals surface area contributed by atoms with Gasteiger partial charge in [0.2, 0.25) is 0 Å². The molecule has 1 heterocycles. The maximum Gasteiger partial charge on any atom is 0.148 e. The lowest BCUT2D eigenvalue weighted by Gasteiger charge is -2.16. The number of nitrogen functional groups attached to an aromatic ring is 1. The lowest BCUT2D eigenvalue weighted by Crippen LogP contribution is -2.18. The van der Waals surface area contributed by atoms with Crippen LogP contribution in [0.25, 0.3) is 0 Å². The number of nitrogens with one attached hydrogen (secondary N) is 2. The molecular weight excluding hydrogens is 254 g/mol. The Bertz CT molecular complexity index is 489. The molecular formula is C14H23N5O. The van der Waals surface area contributed by atoms with E-state index in [1.54, 1.807) is 0 Å². The van der Waals surface area contributed by atoms with Gasteiger partial charge in [-0.05, 0) is 44.9 Å². The summed E-state index contributed by atoms with van der Waals surface area (Å²) in [5.41, 5.74) is 3.62. The van der Waals surface area contributed by atoms with Crippen molar-refractivity contribution in [2.75, 3.05) is 17.3 Å². The zero-order chi connectivity index (χ0) is 14.1. The van der Waals surface area contributed by atoms with E-state index in [-0.39, 0.29) is 6.10 Å². The van der Waals surface area contributed by atoms with Gasteiger partial charge in [-0.25, -0.2) is 15.8 Å². The van der Waals surface area contributed by atoms with Crippen molar-refractivity contribution in [1.82, 2.24) is 9.97 Å². The molecule has 0 radical (unpaired) electrons. The molecule has 2 fully saturated rings. The summed E-state index contributed by atoms with van der Waals surface area (Å²) in [7, 11) is 0. The number of hydrazine groups is 1. The van der Waals surface area contributed by atoms with Gasteiger partial charge in [0, 0.05) is 18.0 Å². The average molecular weight is 277 g/mol. The molecule has 0 bridgehead atoms. The highest BCUT2D eigenvalue weighted by molar-refractivity contribution is 5.57. The number of aliphatic hydroxyl groups excluding tert-OH is 1. The molecule has 2 unspecified atom stereocenters. The van der Waals surface area contributed by atoms with Crippen molar-refractivity contribution in [2.45, 2.75) is 51.0 Å². The van der Waals surface area contributed by atoms with Crippen LogP contribution in [0.15, 0.2) is 0 Å². The molecule has 110 valence electrons. The van der Waals surface area contributed by atoms with Gasteiger partial charge >= 0.3 is 0 Å². The summed E-state index contributed by atoms with van der Waals surface area (Å²) in [6.45, 7) is 2.82. The van der Waals surface area contributed by atoms with E-state index >= 15 is 0 Å². The Morgan fingerprint density at radius 2 is 1.95 bits per heavy atom. The number of hydrogen-bond donors (Lipinski definition) is 4. The van der Waals surface area contributed by atoms with Crippen LogP contribution in [0, 0.1) is 12.8 Å². The Morgan fingerprint density at radius 3 is 2.55 bits per heavy atom. The summed E-state index contributed by atoms with van der Waals surface area (Å²) in [5, 5.41) is 13.0. The topological polar surface area (TPSA) is 96.1 Å². The van der Waals surface area contributed by atoms with Crippen LogP contribution in [0.1, 0.15) is 49.4 Å². The Labute approximate surface area is 119 Å². The first kappa shape index (κ1) is 13.6. The van der Waals surface area contributed by atoms with Crippen LogP contribution in [0.5, 0.6) is 0 Å². The van der Waals surface area contributed by atoms with Crippen molar-refractivity contribution in [3.05, 3.63) is 11.4 Å². The molecule has 2 saturated carbocycles. The second kappa shape index (κ2) is 5.54. The van der Waals surface area contributed by atoms with Crippen LogP contribution >= 0.6 is 0 Å². The highest BCUT2D eigenvalue weighted by atomic mass is 16.3. The van der Waals surface area contributed by atoms with Gasteiger partial charge in [0.25, 0.3) is 0 Å². The molecule has 5 N–H and O–H groups in total. The zero-order valence-electron chi connectivity index (χ0n) is 11.9. The Morgan fingerprint density at radius 1 is 1.20 bits per heavy atom. The molecule has 1 aromatic rings. The number of rotatable bonds is 5. The van der Waals surface area contributed by atoms with Crippen LogP contribution in [-0.2, 0) is 0 Å². The van der Waals surface area contributed by atoms with Gasteiger partial charge in [-0.3, -0.25) is 0 Å². The van der Waals surface area contributed by atoms with Crippen LogP contribution in [-0.4, -0.2) is 27.7 Å². The van der Waals surface area contributed by atoms with Gasteiger partial charge in [0.05, 0.1) is 6.10 Å². The molecule has 0 aliphatic heterocycles. The molecule has 2 aliphatic rings. The Balaban J connectivity index is 1.72. The van der Waals surface area contributed by atoms with Crippen molar-refractivity contribution in [2.24, 2.45) is 11.8 Å². The van der Waals surface area contributed by atoms with E-state index in [1.165, 1.54) is 12.8 Å². The largest absolute Gasteiger partial charge is 0.393 e. The zero-order valence-corrected chi connectivity index (χ0v) is 11.9. The average Bonchev–Trinajstić information content (AvgIpc) is 3.21. The van der Waals surface area contributed by atoms with E-state index < -0.39 is 0 Å². The van der Waals surface area contributed by atoms with Crippen molar-refractivity contribution in [1.29, 1.82) is 0 Å². The summed E-state index contributed by atoms with van der Waals surface area (Å²) >= 11 is 0. The van der Waals surface area contributed by atoms with Crippen molar-refractivity contribution >= 4 is 11.6 Å². The summed E-state index contributed by atoms with van der Waals surface area (Å²) in [4.78, 5) is 9.12. The summed E-state index contributed by atoms with van der Waals surface area (Å²) < 4.78 is 0. The fourth-order valence-electron chi connectivity index (χ4n) is 2.85. The number of nitrogens with zero attached hydrogens (tertiary/aromatic N) is 2. The molecule has 6 nitrogen and oxygen atoms in total. The van der Waals surface area contributed by atoms with E-state index in [9.17, 15) is 5.11 Å². The molecule has 0 spiro atoms. The SMILES string of the molecule is Cc1c(NN)nc(C2CC2)nc1NCC1CCC(O)C1. The number of anilines is 2. The van der Waals surface area contributed by atoms with Gasteiger partial charge in [-0.15, -0.1) is 0 Å². The van der Waals surface area contributed by atoms with E-state index in [2.05, 4.69) is 20.7 Å². The van der Waals surface area contributed by atoms with E-state index in [1.807, 2.05) is 6.92 Å². The third-order valence-corrected chi connectivity index (χ3v) is 4.31. The number of nitrogens with two attached hydrogens (primary N) is 1. The predicted molar refractivity (Wildman–Crippen MR) is 78.4 cm³/mol. The minimum Gasteiger partial charge on any atom is -0.393 e. The standard InChI is InChI=1S/C14H23N5O/c1-8-12(16-7-9-2-5-11(20)6-9)17-14(10-3-4-10)18-13(8)19-15/h9-11,20H,2-7,15H2,1H3,(H2,16,17,18,19). The lowest BCUT2D eigenvalue weighted by molar-refractivity contribution is 0.178. The fourth-order valence-corrected chi connectivity index (χ4v) is 2.85. The molecule has 6 heteroatoms. The van der Waals surface area contributed by atoms with E-state index in [4.69, 9.17) is 5.84 Å². The molecule has 0 aromatic carbocycles. The number of aliphatic hydroxyl groups is 1. The molecule has 1 aromatic heterocycles. The second-order valence-corrected chi connectivity index (χ2v) is 6.04. The molecule has 0 amide bonds. The minimum absolute atomic E-state index is 0.128. The van der Waals surface area contributed by atoms with Gasteiger partial charge in [0.1, 0.15) is 17.5 Å². The van der Waals surface area contributed by atoms with Gasteiger partial charge in [0.15, 0.2) is 0 Å². The number of aromatic nitrogens is 2. The lowest BCUT2D eigenvalue weighted by atomic mass is 10.1.